The molecule has 0 radical (unpaired) electrons. The molecule has 1 aliphatic carbocycles. The van der Waals surface area contributed by atoms with E-state index in [4.69, 9.17) is 0 Å². The Hall–Kier alpha value is -1.77. The number of carbonyl (C=O) groups is 1. The first kappa shape index (κ1) is 12.9. The quantitative estimate of drug-likeness (QED) is 0.829. The summed E-state index contributed by atoms with van der Waals surface area (Å²) in [5, 5.41) is 1.39. The first-order valence-corrected chi connectivity index (χ1v) is 8.16. The van der Waals surface area contributed by atoms with Crippen molar-refractivity contribution in [1.82, 2.24) is 9.47 Å². The van der Waals surface area contributed by atoms with Crippen molar-refractivity contribution in [2.24, 2.45) is 5.92 Å². The molecule has 1 aromatic heterocycles. The minimum absolute atomic E-state index is 0.303. The number of aryl methyl sites for hydroxylation is 1. The van der Waals surface area contributed by atoms with Crippen LogP contribution in [0.2, 0.25) is 0 Å². The van der Waals surface area contributed by atoms with E-state index in [1.54, 1.807) is 0 Å². The van der Waals surface area contributed by atoms with Crippen LogP contribution in [0, 0.1) is 5.92 Å². The summed E-state index contributed by atoms with van der Waals surface area (Å²) in [5.41, 5.74) is 4.05. The van der Waals surface area contributed by atoms with Crippen molar-refractivity contribution in [3.63, 3.8) is 0 Å². The molecule has 110 valence electrons. The number of hydrogen-bond donors (Lipinski definition) is 0. The Balaban J connectivity index is 1.72. The van der Waals surface area contributed by atoms with Crippen molar-refractivity contribution in [2.45, 2.75) is 45.7 Å². The summed E-state index contributed by atoms with van der Waals surface area (Å²) in [4.78, 5) is 14.7. The predicted octanol–water partition coefficient (Wildman–Crippen LogP) is 3.35. The van der Waals surface area contributed by atoms with Gasteiger partial charge in [0.15, 0.2) is 0 Å². The monoisotopic (exact) mass is 282 g/mol. The second kappa shape index (κ2) is 4.90. The van der Waals surface area contributed by atoms with Crippen LogP contribution in [0.15, 0.2) is 24.4 Å². The minimum Gasteiger partial charge on any atom is -0.347 e. The van der Waals surface area contributed by atoms with E-state index in [0.29, 0.717) is 11.8 Å². The van der Waals surface area contributed by atoms with Crippen LogP contribution in [-0.2, 0) is 24.3 Å². The van der Waals surface area contributed by atoms with Gasteiger partial charge < -0.3 is 9.47 Å². The van der Waals surface area contributed by atoms with Gasteiger partial charge in [-0.1, -0.05) is 18.6 Å². The maximum atomic E-state index is 12.6. The minimum atomic E-state index is 0.303. The Labute approximate surface area is 125 Å². The second-order valence-electron chi connectivity index (χ2n) is 6.39. The van der Waals surface area contributed by atoms with Crippen molar-refractivity contribution < 1.29 is 4.79 Å². The molecule has 21 heavy (non-hydrogen) atoms. The Morgan fingerprint density at radius 3 is 2.86 bits per heavy atom. The number of rotatable bonds is 2. The average molecular weight is 282 g/mol. The highest BCUT2D eigenvalue weighted by Gasteiger charge is 2.31. The fourth-order valence-electron chi connectivity index (χ4n) is 3.74. The normalized spacial score (nSPS) is 18.6. The topological polar surface area (TPSA) is 25.2 Å². The van der Waals surface area contributed by atoms with Crippen LogP contribution in [0.3, 0.4) is 0 Å². The van der Waals surface area contributed by atoms with Crippen LogP contribution in [0.4, 0.5) is 0 Å². The van der Waals surface area contributed by atoms with E-state index in [0.717, 1.165) is 38.9 Å². The first-order valence-electron chi connectivity index (χ1n) is 8.16. The first-order chi connectivity index (χ1) is 10.3. The van der Waals surface area contributed by atoms with Crippen LogP contribution in [0.1, 0.15) is 37.3 Å². The number of carbonyl (C=O) groups excluding carboxylic acids is 1. The molecule has 1 aromatic carbocycles. The number of amides is 1. The molecular formula is C18H22N2O. The van der Waals surface area contributed by atoms with Crippen molar-refractivity contribution in [3.8, 4) is 0 Å². The molecule has 0 unspecified atom stereocenters. The molecule has 0 atom stereocenters. The maximum absolute atomic E-state index is 12.6. The van der Waals surface area contributed by atoms with Gasteiger partial charge in [-0.15, -0.1) is 0 Å². The third kappa shape index (κ3) is 1.98. The fourth-order valence-corrected chi connectivity index (χ4v) is 3.74. The Kier molecular flexibility index (Phi) is 3.02. The highest BCUT2D eigenvalue weighted by molar-refractivity contribution is 5.89. The number of benzene rings is 1. The van der Waals surface area contributed by atoms with Gasteiger partial charge in [0.2, 0.25) is 5.91 Å². The molecule has 1 aliphatic heterocycles. The van der Waals surface area contributed by atoms with Gasteiger partial charge in [0, 0.05) is 42.7 Å². The van der Waals surface area contributed by atoms with E-state index in [2.05, 4.69) is 40.8 Å². The van der Waals surface area contributed by atoms with Crippen molar-refractivity contribution in [3.05, 3.63) is 35.5 Å². The highest BCUT2D eigenvalue weighted by Crippen LogP contribution is 2.33. The molecule has 0 N–H and O–H groups in total. The molecule has 2 heterocycles. The SMILES string of the molecule is CCn1cc2c3c(cccc31)CN(C(=O)C1CCC1)CC2. The van der Waals surface area contributed by atoms with Crippen LogP contribution < -0.4 is 0 Å². The van der Waals surface area contributed by atoms with Crippen molar-refractivity contribution >= 4 is 16.8 Å². The largest absolute Gasteiger partial charge is 0.347 e. The van der Waals surface area contributed by atoms with Crippen LogP contribution in [0.25, 0.3) is 10.9 Å². The molecule has 3 heteroatoms. The van der Waals surface area contributed by atoms with Crippen LogP contribution >= 0.6 is 0 Å². The highest BCUT2D eigenvalue weighted by atomic mass is 16.2. The lowest BCUT2D eigenvalue weighted by Crippen LogP contribution is -2.39. The van der Waals surface area contributed by atoms with E-state index in [1.807, 2.05) is 0 Å². The van der Waals surface area contributed by atoms with Crippen molar-refractivity contribution in [2.75, 3.05) is 6.54 Å². The zero-order chi connectivity index (χ0) is 14.4. The maximum Gasteiger partial charge on any atom is 0.225 e. The molecule has 0 bridgehead atoms. The molecule has 1 saturated carbocycles. The van der Waals surface area contributed by atoms with Gasteiger partial charge in [-0.2, -0.15) is 0 Å². The lowest BCUT2D eigenvalue weighted by Gasteiger charge is -2.31. The fraction of sp³-hybridized carbons (Fsp3) is 0.500. The lowest BCUT2D eigenvalue weighted by molar-refractivity contribution is -0.138. The van der Waals surface area contributed by atoms with Gasteiger partial charge in [0.25, 0.3) is 0 Å². The van der Waals surface area contributed by atoms with Crippen LogP contribution in [-0.4, -0.2) is 21.9 Å². The van der Waals surface area contributed by atoms with E-state index in [9.17, 15) is 4.79 Å². The number of hydrogen-bond acceptors (Lipinski definition) is 1. The van der Waals surface area contributed by atoms with E-state index < -0.39 is 0 Å². The van der Waals surface area contributed by atoms with Crippen LogP contribution in [0.5, 0.6) is 0 Å². The zero-order valence-electron chi connectivity index (χ0n) is 12.6. The summed E-state index contributed by atoms with van der Waals surface area (Å²) < 4.78 is 2.33. The summed E-state index contributed by atoms with van der Waals surface area (Å²) in [6.45, 7) is 4.85. The Morgan fingerprint density at radius 1 is 1.29 bits per heavy atom. The van der Waals surface area contributed by atoms with Gasteiger partial charge in [0.05, 0.1) is 0 Å². The number of nitrogens with zero attached hydrogens (tertiary/aromatic N) is 2. The van der Waals surface area contributed by atoms with Gasteiger partial charge >= 0.3 is 0 Å². The van der Waals surface area contributed by atoms with Gasteiger partial charge in [-0.3, -0.25) is 4.79 Å². The summed E-state index contributed by atoms with van der Waals surface area (Å²) in [7, 11) is 0. The zero-order valence-corrected chi connectivity index (χ0v) is 12.6. The molecule has 4 rings (SSSR count). The van der Waals surface area contributed by atoms with E-state index in [1.165, 1.54) is 28.5 Å². The smallest absolute Gasteiger partial charge is 0.225 e. The average Bonchev–Trinajstić information content (AvgIpc) is 2.68. The van der Waals surface area contributed by atoms with Crippen molar-refractivity contribution in [1.29, 1.82) is 0 Å². The van der Waals surface area contributed by atoms with Gasteiger partial charge in [0.1, 0.15) is 0 Å². The molecule has 1 amide bonds. The predicted molar refractivity (Wildman–Crippen MR) is 84.1 cm³/mol. The molecule has 0 spiro atoms. The van der Waals surface area contributed by atoms with Gasteiger partial charge in [-0.05, 0) is 43.4 Å². The molecule has 3 nitrogen and oxygen atoms in total. The third-order valence-corrected chi connectivity index (χ3v) is 5.19. The summed E-state index contributed by atoms with van der Waals surface area (Å²) in [6, 6.07) is 6.53. The summed E-state index contributed by atoms with van der Waals surface area (Å²) in [5.74, 6) is 0.684. The third-order valence-electron chi connectivity index (χ3n) is 5.19. The molecular weight excluding hydrogens is 260 g/mol. The molecule has 1 fully saturated rings. The van der Waals surface area contributed by atoms with E-state index >= 15 is 0 Å². The van der Waals surface area contributed by atoms with E-state index in [-0.39, 0.29) is 0 Å². The molecule has 2 aromatic rings. The number of aromatic nitrogens is 1. The molecule has 0 saturated heterocycles. The standard InChI is InChI=1S/C18H22N2O/c1-2-19-11-15-9-10-20(18(21)13-5-3-6-13)12-14-7-4-8-16(19)17(14)15/h4,7-8,11,13H,2-3,5-6,9-10,12H2,1H3. The Morgan fingerprint density at radius 2 is 2.14 bits per heavy atom. The van der Waals surface area contributed by atoms with Gasteiger partial charge in [-0.25, -0.2) is 0 Å². The summed E-state index contributed by atoms with van der Waals surface area (Å²) >= 11 is 0. The lowest BCUT2D eigenvalue weighted by atomic mass is 9.84. The molecule has 2 aliphatic rings. The second-order valence-corrected chi connectivity index (χ2v) is 6.39. The Bertz CT molecular complexity index is 697. The summed E-state index contributed by atoms with van der Waals surface area (Å²) in [6.07, 6.45) is 6.68.